The van der Waals surface area contributed by atoms with E-state index in [0.717, 1.165) is 24.1 Å². The largest absolute Gasteiger partial charge is 0.384 e. The average molecular weight is 364 g/mol. The number of hydrogen-bond acceptors (Lipinski definition) is 4. The Hall–Kier alpha value is -1.74. The number of hydrogen-bond donors (Lipinski definition) is 1. The molecule has 1 aliphatic heterocycles. The van der Waals surface area contributed by atoms with Gasteiger partial charge in [0.2, 0.25) is 0 Å². The molecule has 8 heteroatoms. The van der Waals surface area contributed by atoms with Gasteiger partial charge in [-0.3, -0.25) is 0 Å². The molecule has 1 aromatic heterocycles. The van der Waals surface area contributed by atoms with Gasteiger partial charge in [0.25, 0.3) is 10.2 Å². The smallest absolute Gasteiger partial charge is 0.279 e. The summed E-state index contributed by atoms with van der Waals surface area (Å²) < 4.78 is 36.3. The predicted molar refractivity (Wildman–Crippen MR) is 95.5 cm³/mol. The highest BCUT2D eigenvalue weighted by molar-refractivity contribution is 7.87. The number of nitrogens with one attached hydrogen (secondary N) is 1. The Balaban J connectivity index is 1.63. The van der Waals surface area contributed by atoms with Crippen molar-refractivity contribution in [3.63, 3.8) is 0 Å². The van der Waals surface area contributed by atoms with Crippen molar-refractivity contribution < 1.29 is 13.2 Å². The number of piperidine rings is 1. The van der Waals surface area contributed by atoms with E-state index in [9.17, 15) is 8.42 Å². The Bertz CT molecular complexity index is 775. The van der Waals surface area contributed by atoms with E-state index in [-0.39, 0.29) is 12.5 Å². The summed E-state index contributed by atoms with van der Waals surface area (Å²) in [5.74, 6) is 0.262. The van der Waals surface area contributed by atoms with E-state index >= 15 is 0 Å². The van der Waals surface area contributed by atoms with Crippen LogP contribution in [0.5, 0.6) is 0 Å². The molecule has 0 spiro atoms. The maximum atomic E-state index is 12.6. The molecule has 3 rings (SSSR count). The Kier molecular flexibility index (Phi) is 5.85. The average Bonchev–Trinajstić information content (AvgIpc) is 3.16. The summed E-state index contributed by atoms with van der Waals surface area (Å²) in [6, 6.07) is 9.52. The molecule has 1 N–H and O–H groups in total. The van der Waals surface area contributed by atoms with Crippen LogP contribution < -0.4 is 4.72 Å². The highest BCUT2D eigenvalue weighted by atomic mass is 32.2. The van der Waals surface area contributed by atoms with Gasteiger partial charge in [-0.25, -0.2) is 4.68 Å². The predicted octanol–water partition coefficient (Wildman–Crippen LogP) is 1.57. The van der Waals surface area contributed by atoms with E-state index in [2.05, 4.69) is 9.82 Å². The molecule has 0 radical (unpaired) electrons. The van der Waals surface area contributed by atoms with Gasteiger partial charge < -0.3 is 4.74 Å². The fourth-order valence-corrected chi connectivity index (χ4v) is 4.42. The molecule has 0 amide bonds. The Morgan fingerprint density at radius 2 is 2.24 bits per heavy atom. The minimum absolute atomic E-state index is 0.253. The van der Waals surface area contributed by atoms with Crippen LogP contribution in [-0.4, -0.2) is 49.3 Å². The number of ether oxygens (including phenoxy) is 1. The molecule has 2 heterocycles. The fourth-order valence-electron chi connectivity index (χ4n) is 3.11. The summed E-state index contributed by atoms with van der Waals surface area (Å²) >= 11 is 0. The first kappa shape index (κ1) is 18.1. The maximum Gasteiger partial charge on any atom is 0.279 e. The van der Waals surface area contributed by atoms with Gasteiger partial charge in [-0.15, -0.1) is 0 Å². The molecule has 136 valence electrons. The van der Waals surface area contributed by atoms with Gasteiger partial charge in [-0.2, -0.15) is 22.5 Å². The van der Waals surface area contributed by atoms with Gasteiger partial charge in [0.15, 0.2) is 0 Å². The lowest BCUT2D eigenvalue weighted by Gasteiger charge is -2.31. The van der Waals surface area contributed by atoms with Crippen LogP contribution in [0.1, 0.15) is 18.4 Å². The first-order valence-electron chi connectivity index (χ1n) is 8.41. The molecule has 1 aromatic carbocycles. The number of aromatic nitrogens is 2. The number of methoxy groups -OCH3 is 1. The van der Waals surface area contributed by atoms with Crippen molar-refractivity contribution in [3.05, 3.63) is 48.3 Å². The van der Waals surface area contributed by atoms with Crippen molar-refractivity contribution in [3.8, 4) is 5.69 Å². The zero-order valence-electron chi connectivity index (χ0n) is 14.3. The zero-order chi connectivity index (χ0) is 17.7. The quantitative estimate of drug-likeness (QED) is 0.809. The first-order chi connectivity index (χ1) is 12.1. The fraction of sp³-hybridized carbons (Fsp3) is 0.471. The van der Waals surface area contributed by atoms with Gasteiger partial charge in [0, 0.05) is 39.1 Å². The molecule has 1 fully saturated rings. The third-order valence-electron chi connectivity index (χ3n) is 4.36. The van der Waals surface area contributed by atoms with Crippen molar-refractivity contribution in [2.45, 2.75) is 19.4 Å². The summed E-state index contributed by atoms with van der Waals surface area (Å²) in [6.07, 6.45) is 5.44. The van der Waals surface area contributed by atoms with Crippen molar-refractivity contribution in [2.24, 2.45) is 5.92 Å². The highest BCUT2D eigenvalue weighted by Crippen LogP contribution is 2.19. The molecule has 1 saturated heterocycles. The lowest BCUT2D eigenvalue weighted by molar-refractivity contribution is 0.118. The van der Waals surface area contributed by atoms with Crippen LogP contribution in [0, 0.1) is 5.92 Å². The van der Waals surface area contributed by atoms with E-state index in [0.29, 0.717) is 19.7 Å². The van der Waals surface area contributed by atoms with Gasteiger partial charge in [-0.05, 0) is 42.5 Å². The zero-order valence-corrected chi connectivity index (χ0v) is 15.2. The van der Waals surface area contributed by atoms with Gasteiger partial charge in [0.1, 0.15) is 0 Å². The van der Waals surface area contributed by atoms with Gasteiger partial charge in [0.05, 0.1) is 12.3 Å². The number of nitrogens with zero attached hydrogens (tertiary/aromatic N) is 3. The van der Waals surface area contributed by atoms with E-state index in [4.69, 9.17) is 4.74 Å². The molecule has 0 aliphatic carbocycles. The van der Waals surface area contributed by atoms with E-state index in [1.54, 1.807) is 18.0 Å². The van der Waals surface area contributed by atoms with Crippen LogP contribution in [0.15, 0.2) is 42.7 Å². The van der Waals surface area contributed by atoms with Gasteiger partial charge in [-0.1, -0.05) is 12.1 Å². The SMILES string of the molecule is COCC1CCCN(S(=O)(=O)NCc2cccc(-n3cccn3)c2)C1. The third kappa shape index (κ3) is 4.66. The molecular weight excluding hydrogens is 340 g/mol. The van der Waals surface area contributed by atoms with Crippen LogP contribution in [0.3, 0.4) is 0 Å². The maximum absolute atomic E-state index is 12.6. The van der Waals surface area contributed by atoms with Crippen molar-refractivity contribution in [1.82, 2.24) is 18.8 Å². The monoisotopic (exact) mass is 364 g/mol. The second kappa shape index (κ2) is 8.09. The molecule has 1 unspecified atom stereocenters. The highest BCUT2D eigenvalue weighted by Gasteiger charge is 2.28. The number of benzene rings is 1. The van der Waals surface area contributed by atoms with Crippen molar-refractivity contribution in [2.75, 3.05) is 26.8 Å². The topological polar surface area (TPSA) is 76.5 Å². The van der Waals surface area contributed by atoms with E-state index in [1.165, 1.54) is 4.31 Å². The molecule has 25 heavy (non-hydrogen) atoms. The molecule has 2 aromatic rings. The van der Waals surface area contributed by atoms with Gasteiger partial charge >= 0.3 is 0 Å². The molecular formula is C17H24N4O3S. The Morgan fingerprint density at radius 3 is 3.00 bits per heavy atom. The molecule has 7 nitrogen and oxygen atoms in total. The molecule has 1 atom stereocenters. The lowest BCUT2D eigenvalue weighted by Crippen LogP contribution is -2.46. The lowest BCUT2D eigenvalue weighted by atomic mass is 10.0. The second-order valence-corrected chi connectivity index (χ2v) is 8.02. The minimum Gasteiger partial charge on any atom is -0.384 e. The van der Waals surface area contributed by atoms with Crippen LogP contribution in [0.25, 0.3) is 5.69 Å². The third-order valence-corrected chi connectivity index (χ3v) is 5.88. The minimum atomic E-state index is -3.49. The Morgan fingerprint density at radius 1 is 1.36 bits per heavy atom. The van der Waals surface area contributed by atoms with Crippen LogP contribution in [0.2, 0.25) is 0 Å². The summed E-state index contributed by atoms with van der Waals surface area (Å²) in [7, 11) is -1.84. The van der Waals surface area contributed by atoms with Crippen molar-refractivity contribution in [1.29, 1.82) is 0 Å². The van der Waals surface area contributed by atoms with Crippen molar-refractivity contribution >= 4 is 10.2 Å². The summed E-state index contributed by atoms with van der Waals surface area (Å²) in [6.45, 7) is 1.92. The molecule has 1 aliphatic rings. The van der Waals surface area contributed by atoms with E-state index in [1.807, 2.05) is 36.5 Å². The van der Waals surface area contributed by atoms with Crippen LogP contribution >= 0.6 is 0 Å². The van der Waals surface area contributed by atoms with Crippen LogP contribution in [0.4, 0.5) is 0 Å². The molecule has 0 bridgehead atoms. The van der Waals surface area contributed by atoms with E-state index < -0.39 is 10.2 Å². The second-order valence-electron chi connectivity index (χ2n) is 6.27. The number of rotatable bonds is 7. The normalized spacial score (nSPS) is 19.2. The van der Waals surface area contributed by atoms with Crippen LogP contribution in [-0.2, 0) is 21.5 Å². The summed E-state index contributed by atoms with van der Waals surface area (Å²) in [4.78, 5) is 0. The summed E-state index contributed by atoms with van der Waals surface area (Å²) in [5, 5.41) is 4.19. The Labute approximate surface area is 148 Å². The molecule has 0 saturated carbocycles. The summed E-state index contributed by atoms with van der Waals surface area (Å²) in [5.41, 5.74) is 1.79. The first-order valence-corrected chi connectivity index (χ1v) is 9.85. The standard InChI is InChI=1S/C17H24N4O3S/c1-24-14-16-6-3-9-20(13-16)25(22,23)19-12-15-5-2-7-17(11-15)21-10-4-8-18-21/h2,4-5,7-8,10-11,16,19H,3,6,9,12-14H2,1H3.